The Labute approximate surface area is 156 Å². The SMILES string of the molecule is O=C(c1cncc(NCCCc2nc3ccc(F)cc3[nH]2)n1)N1CCCC1. The number of amides is 1. The van der Waals surface area contributed by atoms with Crippen LogP contribution >= 0.6 is 0 Å². The largest absolute Gasteiger partial charge is 0.369 e. The van der Waals surface area contributed by atoms with Crippen LogP contribution in [0.1, 0.15) is 35.6 Å². The number of benzene rings is 1. The van der Waals surface area contributed by atoms with Gasteiger partial charge >= 0.3 is 0 Å². The van der Waals surface area contributed by atoms with E-state index in [2.05, 4.69) is 25.3 Å². The predicted molar refractivity (Wildman–Crippen MR) is 100 cm³/mol. The molecule has 3 heterocycles. The molecule has 3 aromatic rings. The zero-order valence-electron chi connectivity index (χ0n) is 14.9. The van der Waals surface area contributed by atoms with Crippen molar-refractivity contribution in [3.05, 3.63) is 47.9 Å². The Morgan fingerprint density at radius 2 is 2.07 bits per heavy atom. The molecule has 1 amide bonds. The first kappa shape index (κ1) is 17.4. The van der Waals surface area contributed by atoms with Gasteiger partial charge in [0.25, 0.3) is 5.91 Å². The second-order valence-corrected chi connectivity index (χ2v) is 6.66. The fourth-order valence-corrected chi connectivity index (χ4v) is 3.26. The maximum atomic E-state index is 13.2. The first-order valence-electron chi connectivity index (χ1n) is 9.18. The van der Waals surface area contributed by atoms with Crippen LogP contribution in [0.3, 0.4) is 0 Å². The van der Waals surface area contributed by atoms with Crippen molar-refractivity contribution in [1.29, 1.82) is 0 Å². The number of fused-ring (bicyclic) bond motifs is 1. The molecule has 0 unspecified atom stereocenters. The van der Waals surface area contributed by atoms with E-state index in [1.165, 1.54) is 18.3 Å². The van der Waals surface area contributed by atoms with E-state index in [1.807, 2.05) is 4.90 Å². The number of imidazole rings is 1. The monoisotopic (exact) mass is 368 g/mol. The van der Waals surface area contributed by atoms with Crippen molar-refractivity contribution in [1.82, 2.24) is 24.8 Å². The van der Waals surface area contributed by atoms with Gasteiger partial charge in [-0.2, -0.15) is 0 Å². The van der Waals surface area contributed by atoms with Crippen LogP contribution in [0.15, 0.2) is 30.6 Å². The minimum atomic E-state index is -0.277. The number of anilines is 1. The number of carbonyl (C=O) groups excluding carboxylic acids is 1. The first-order valence-corrected chi connectivity index (χ1v) is 9.18. The van der Waals surface area contributed by atoms with E-state index >= 15 is 0 Å². The fraction of sp³-hybridized carbons (Fsp3) is 0.368. The Hall–Kier alpha value is -3.03. The highest BCUT2D eigenvalue weighted by atomic mass is 19.1. The molecule has 140 valence electrons. The number of H-pyrrole nitrogens is 1. The summed E-state index contributed by atoms with van der Waals surface area (Å²) in [7, 11) is 0. The molecular formula is C19H21FN6O. The number of hydrogen-bond acceptors (Lipinski definition) is 5. The van der Waals surface area contributed by atoms with E-state index in [9.17, 15) is 9.18 Å². The highest BCUT2D eigenvalue weighted by Crippen LogP contribution is 2.14. The van der Waals surface area contributed by atoms with Crippen LogP contribution < -0.4 is 5.32 Å². The number of nitrogens with zero attached hydrogens (tertiary/aromatic N) is 4. The highest BCUT2D eigenvalue weighted by Gasteiger charge is 2.21. The normalized spacial score (nSPS) is 14.0. The number of aryl methyl sites for hydroxylation is 1. The van der Waals surface area contributed by atoms with E-state index in [1.54, 1.807) is 12.3 Å². The number of carbonyl (C=O) groups is 1. The molecule has 27 heavy (non-hydrogen) atoms. The average molecular weight is 368 g/mol. The molecule has 2 N–H and O–H groups in total. The topological polar surface area (TPSA) is 86.8 Å². The summed E-state index contributed by atoms with van der Waals surface area (Å²) in [6, 6.07) is 4.52. The lowest BCUT2D eigenvalue weighted by Crippen LogP contribution is -2.28. The summed E-state index contributed by atoms with van der Waals surface area (Å²) in [5, 5.41) is 3.20. The standard InChI is InChI=1S/C19H21FN6O/c20-13-5-6-14-15(10-13)24-17(23-14)4-3-7-22-18-12-21-11-16(25-18)19(27)26-8-1-2-9-26/h5-6,10-12H,1-4,7-9H2,(H,22,25)(H,23,24). The number of hydrogen-bond donors (Lipinski definition) is 2. The number of aromatic nitrogens is 4. The van der Waals surface area contributed by atoms with Gasteiger partial charge in [-0.05, 0) is 37.5 Å². The fourth-order valence-electron chi connectivity index (χ4n) is 3.26. The summed E-state index contributed by atoms with van der Waals surface area (Å²) >= 11 is 0. The maximum absolute atomic E-state index is 13.2. The molecule has 7 nitrogen and oxygen atoms in total. The van der Waals surface area contributed by atoms with Crippen molar-refractivity contribution in [3.8, 4) is 0 Å². The quantitative estimate of drug-likeness (QED) is 0.654. The van der Waals surface area contributed by atoms with Crippen LogP contribution in [0.4, 0.5) is 10.2 Å². The summed E-state index contributed by atoms with van der Waals surface area (Å²) in [5.74, 6) is 1.08. The Morgan fingerprint density at radius 3 is 2.93 bits per heavy atom. The van der Waals surface area contributed by atoms with Crippen molar-refractivity contribution in [2.75, 3.05) is 25.0 Å². The summed E-state index contributed by atoms with van der Waals surface area (Å²) in [5.41, 5.74) is 1.84. The molecule has 1 fully saturated rings. The number of nitrogens with one attached hydrogen (secondary N) is 2. The molecular weight excluding hydrogens is 347 g/mol. The summed E-state index contributed by atoms with van der Waals surface area (Å²) in [4.78, 5) is 30.3. The van der Waals surface area contributed by atoms with E-state index in [0.717, 1.165) is 50.1 Å². The van der Waals surface area contributed by atoms with Crippen LogP contribution in [0.2, 0.25) is 0 Å². The minimum absolute atomic E-state index is 0.0573. The van der Waals surface area contributed by atoms with Gasteiger partial charge in [0.1, 0.15) is 23.2 Å². The van der Waals surface area contributed by atoms with Crippen LogP contribution in [-0.2, 0) is 6.42 Å². The van der Waals surface area contributed by atoms with Crippen LogP contribution in [0.25, 0.3) is 11.0 Å². The Kier molecular flexibility index (Phi) is 4.95. The number of rotatable bonds is 6. The lowest BCUT2D eigenvalue weighted by atomic mass is 10.3. The third kappa shape index (κ3) is 4.05. The van der Waals surface area contributed by atoms with Crippen molar-refractivity contribution < 1.29 is 9.18 Å². The van der Waals surface area contributed by atoms with Crippen molar-refractivity contribution in [2.24, 2.45) is 0 Å². The van der Waals surface area contributed by atoms with Gasteiger partial charge in [-0.1, -0.05) is 0 Å². The minimum Gasteiger partial charge on any atom is -0.369 e. The number of aromatic amines is 1. The van der Waals surface area contributed by atoms with Crippen molar-refractivity contribution in [3.63, 3.8) is 0 Å². The Balaban J connectivity index is 1.30. The molecule has 1 saturated heterocycles. The van der Waals surface area contributed by atoms with Gasteiger partial charge in [0.2, 0.25) is 0 Å². The lowest BCUT2D eigenvalue weighted by Gasteiger charge is -2.14. The number of halogens is 1. The third-order valence-corrected chi connectivity index (χ3v) is 4.64. The lowest BCUT2D eigenvalue weighted by molar-refractivity contribution is 0.0786. The van der Waals surface area contributed by atoms with Gasteiger partial charge in [0.05, 0.1) is 23.4 Å². The molecule has 1 aliphatic heterocycles. The molecule has 0 saturated carbocycles. The van der Waals surface area contributed by atoms with Gasteiger partial charge in [-0.15, -0.1) is 0 Å². The van der Waals surface area contributed by atoms with Crippen LogP contribution in [0, 0.1) is 5.82 Å². The van der Waals surface area contributed by atoms with Gasteiger partial charge in [-0.3, -0.25) is 9.78 Å². The average Bonchev–Trinajstić information content (AvgIpc) is 3.34. The van der Waals surface area contributed by atoms with E-state index in [-0.39, 0.29) is 11.7 Å². The van der Waals surface area contributed by atoms with E-state index in [0.29, 0.717) is 23.6 Å². The second-order valence-electron chi connectivity index (χ2n) is 6.66. The zero-order valence-corrected chi connectivity index (χ0v) is 14.9. The van der Waals surface area contributed by atoms with E-state index < -0.39 is 0 Å². The molecule has 0 atom stereocenters. The van der Waals surface area contributed by atoms with Crippen molar-refractivity contribution in [2.45, 2.75) is 25.7 Å². The van der Waals surface area contributed by atoms with Gasteiger partial charge in [0.15, 0.2) is 0 Å². The highest BCUT2D eigenvalue weighted by molar-refractivity contribution is 5.92. The molecule has 2 aromatic heterocycles. The van der Waals surface area contributed by atoms with Crippen molar-refractivity contribution >= 4 is 22.8 Å². The summed E-state index contributed by atoms with van der Waals surface area (Å²) in [6.45, 7) is 2.25. The maximum Gasteiger partial charge on any atom is 0.274 e. The second kappa shape index (κ2) is 7.69. The molecule has 0 bridgehead atoms. The predicted octanol–water partition coefficient (Wildman–Crippen LogP) is 2.77. The molecule has 0 aliphatic carbocycles. The Morgan fingerprint density at radius 1 is 1.22 bits per heavy atom. The molecule has 1 aromatic carbocycles. The van der Waals surface area contributed by atoms with Gasteiger partial charge in [0, 0.05) is 26.1 Å². The first-order chi connectivity index (χ1) is 13.2. The summed E-state index contributed by atoms with van der Waals surface area (Å²) in [6.07, 6.45) is 6.76. The molecule has 1 aliphatic rings. The van der Waals surface area contributed by atoms with Gasteiger partial charge in [-0.25, -0.2) is 14.4 Å². The number of likely N-dealkylation sites (tertiary alicyclic amines) is 1. The van der Waals surface area contributed by atoms with E-state index in [4.69, 9.17) is 0 Å². The third-order valence-electron chi connectivity index (χ3n) is 4.64. The van der Waals surface area contributed by atoms with Crippen LogP contribution in [-0.4, -0.2) is 50.4 Å². The molecule has 4 rings (SSSR count). The Bertz CT molecular complexity index is 950. The smallest absolute Gasteiger partial charge is 0.274 e. The molecule has 8 heteroatoms. The van der Waals surface area contributed by atoms with Crippen LogP contribution in [0.5, 0.6) is 0 Å². The van der Waals surface area contributed by atoms with Gasteiger partial charge < -0.3 is 15.2 Å². The zero-order chi connectivity index (χ0) is 18.6. The summed E-state index contributed by atoms with van der Waals surface area (Å²) < 4.78 is 13.2. The molecule has 0 spiro atoms. The molecule has 0 radical (unpaired) electrons.